The first-order valence-corrected chi connectivity index (χ1v) is 10.0. The fourth-order valence-electron chi connectivity index (χ4n) is 2.97. The topological polar surface area (TPSA) is 40.6 Å². The van der Waals surface area contributed by atoms with Crippen LogP contribution >= 0.6 is 27.3 Å². The maximum atomic E-state index is 12.5. The molecule has 25 heavy (non-hydrogen) atoms. The standard InChI is InChI=1S/C19H21BrN2O2S/c1-14-6-8-17(25-14)19(24)22-12-10-21(11-13-22)18(23)9-7-15-4-2-3-5-16(15)20/h2-6,8H,7,9-13H2,1H3. The van der Waals surface area contributed by atoms with E-state index >= 15 is 0 Å². The third kappa shape index (κ3) is 4.50. The van der Waals surface area contributed by atoms with Crippen LogP contribution in [0.3, 0.4) is 0 Å². The molecule has 3 rings (SSSR count). The van der Waals surface area contributed by atoms with Crippen LogP contribution in [0.15, 0.2) is 40.9 Å². The molecular weight excluding hydrogens is 400 g/mol. The number of halogens is 1. The van der Waals surface area contributed by atoms with E-state index in [1.165, 1.54) is 11.3 Å². The number of hydrogen-bond acceptors (Lipinski definition) is 3. The van der Waals surface area contributed by atoms with E-state index in [1.54, 1.807) is 0 Å². The fraction of sp³-hybridized carbons (Fsp3) is 0.368. The molecule has 132 valence electrons. The summed E-state index contributed by atoms with van der Waals surface area (Å²) in [4.78, 5) is 30.6. The van der Waals surface area contributed by atoms with Crippen molar-refractivity contribution in [1.82, 2.24) is 9.80 Å². The van der Waals surface area contributed by atoms with E-state index in [1.807, 2.05) is 53.1 Å². The molecule has 0 radical (unpaired) electrons. The Bertz CT molecular complexity index is 766. The highest BCUT2D eigenvalue weighted by Gasteiger charge is 2.25. The summed E-state index contributed by atoms with van der Waals surface area (Å²) in [6, 6.07) is 11.9. The van der Waals surface area contributed by atoms with Crippen LogP contribution in [0.1, 0.15) is 26.5 Å². The largest absolute Gasteiger partial charge is 0.339 e. The van der Waals surface area contributed by atoms with Crippen LogP contribution in [0.2, 0.25) is 0 Å². The summed E-state index contributed by atoms with van der Waals surface area (Å²) in [5, 5.41) is 0. The molecule has 1 fully saturated rings. The zero-order chi connectivity index (χ0) is 17.8. The summed E-state index contributed by atoms with van der Waals surface area (Å²) in [5.41, 5.74) is 1.15. The second-order valence-corrected chi connectivity index (χ2v) is 8.32. The summed E-state index contributed by atoms with van der Waals surface area (Å²) in [6.07, 6.45) is 1.23. The number of carbonyl (C=O) groups is 2. The van der Waals surface area contributed by atoms with Crippen molar-refractivity contribution >= 4 is 39.1 Å². The number of rotatable bonds is 4. The minimum Gasteiger partial charge on any atom is -0.339 e. The number of piperazine rings is 1. The molecule has 1 aromatic heterocycles. The van der Waals surface area contributed by atoms with E-state index in [-0.39, 0.29) is 11.8 Å². The molecule has 1 saturated heterocycles. The van der Waals surface area contributed by atoms with Crippen molar-refractivity contribution in [1.29, 1.82) is 0 Å². The lowest BCUT2D eigenvalue weighted by molar-refractivity contribution is -0.132. The highest BCUT2D eigenvalue weighted by atomic mass is 79.9. The van der Waals surface area contributed by atoms with Crippen molar-refractivity contribution in [2.45, 2.75) is 19.8 Å². The monoisotopic (exact) mass is 420 g/mol. The molecule has 0 unspecified atom stereocenters. The number of benzene rings is 1. The molecule has 0 aliphatic carbocycles. The molecule has 6 heteroatoms. The molecule has 0 atom stereocenters. The molecule has 2 amide bonds. The van der Waals surface area contributed by atoms with Gasteiger partial charge in [0.1, 0.15) is 0 Å². The van der Waals surface area contributed by atoms with Gasteiger partial charge in [0, 0.05) is 41.9 Å². The van der Waals surface area contributed by atoms with Crippen LogP contribution in [-0.4, -0.2) is 47.8 Å². The van der Waals surface area contributed by atoms with Crippen LogP contribution in [0.4, 0.5) is 0 Å². The number of nitrogens with zero attached hydrogens (tertiary/aromatic N) is 2. The van der Waals surface area contributed by atoms with Gasteiger partial charge in [-0.2, -0.15) is 0 Å². The van der Waals surface area contributed by atoms with Gasteiger partial charge in [-0.3, -0.25) is 9.59 Å². The van der Waals surface area contributed by atoms with Crippen molar-refractivity contribution in [2.24, 2.45) is 0 Å². The third-order valence-electron chi connectivity index (χ3n) is 4.44. The Kier molecular flexibility index (Phi) is 5.91. The van der Waals surface area contributed by atoms with E-state index in [9.17, 15) is 9.59 Å². The van der Waals surface area contributed by atoms with Crippen LogP contribution in [0.5, 0.6) is 0 Å². The summed E-state index contributed by atoms with van der Waals surface area (Å²) in [7, 11) is 0. The Morgan fingerprint density at radius 2 is 1.72 bits per heavy atom. The van der Waals surface area contributed by atoms with E-state index < -0.39 is 0 Å². The number of aryl methyl sites for hydroxylation is 2. The van der Waals surface area contributed by atoms with Gasteiger partial charge in [0.05, 0.1) is 4.88 Å². The van der Waals surface area contributed by atoms with Crippen LogP contribution < -0.4 is 0 Å². The molecule has 2 heterocycles. The molecular formula is C19H21BrN2O2S. The molecule has 1 aliphatic heterocycles. The van der Waals surface area contributed by atoms with E-state index in [4.69, 9.17) is 0 Å². The summed E-state index contributed by atoms with van der Waals surface area (Å²) >= 11 is 5.05. The number of thiophene rings is 1. The molecule has 0 saturated carbocycles. The van der Waals surface area contributed by atoms with Gasteiger partial charge >= 0.3 is 0 Å². The maximum Gasteiger partial charge on any atom is 0.264 e. The number of amides is 2. The van der Waals surface area contributed by atoms with Gasteiger partial charge in [0.25, 0.3) is 5.91 Å². The second kappa shape index (κ2) is 8.15. The lowest BCUT2D eigenvalue weighted by atomic mass is 10.1. The van der Waals surface area contributed by atoms with E-state index in [0.717, 1.165) is 26.2 Å². The lowest BCUT2D eigenvalue weighted by Crippen LogP contribution is -2.50. The van der Waals surface area contributed by atoms with Gasteiger partial charge in [-0.15, -0.1) is 11.3 Å². The van der Waals surface area contributed by atoms with Crippen molar-refractivity contribution < 1.29 is 9.59 Å². The average molecular weight is 421 g/mol. The second-order valence-electron chi connectivity index (χ2n) is 6.17. The first-order chi connectivity index (χ1) is 12.0. The SMILES string of the molecule is Cc1ccc(C(=O)N2CCN(C(=O)CCc3ccccc3Br)CC2)s1. The molecule has 2 aromatic rings. The number of hydrogen-bond donors (Lipinski definition) is 0. The quantitative estimate of drug-likeness (QED) is 0.755. The van der Waals surface area contributed by atoms with E-state index in [2.05, 4.69) is 15.9 Å². The van der Waals surface area contributed by atoms with Gasteiger partial charge in [-0.25, -0.2) is 0 Å². The Morgan fingerprint density at radius 3 is 2.36 bits per heavy atom. The summed E-state index contributed by atoms with van der Waals surface area (Å²) in [5.74, 6) is 0.244. The van der Waals surface area contributed by atoms with Crippen molar-refractivity contribution in [3.8, 4) is 0 Å². The van der Waals surface area contributed by atoms with Crippen molar-refractivity contribution in [3.05, 3.63) is 56.2 Å². The van der Waals surface area contributed by atoms with Crippen LogP contribution in [-0.2, 0) is 11.2 Å². The predicted molar refractivity (Wildman–Crippen MR) is 104 cm³/mol. The minimum absolute atomic E-state index is 0.0819. The van der Waals surface area contributed by atoms with E-state index in [0.29, 0.717) is 32.6 Å². The van der Waals surface area contributed by atoms with Crippen LogP contribution in [0.25, 0.3) is 0 Å². The summed E-state index contributed by atoms with van der Waals surface area (Å²) in [6.45, 7) is 4.45. The molecule has 1 aliphatic rings. The Hall–Kier alpha value is -1.66. The predicted octanol–water partition coefficient (Wildman–Crippen LogP) is 3.74. The minimum atomic E-state index is 0.0819. The molecule has 0 spiro atoms. The smallest absolute Gasteiger partial charge is 0.264 e. The molecule has 0 N–H and O–H groups in total. The van der Waals surface area contributed by atoms with Gasteiger partial charge < -0.3 is 9.80 Å². The lowest BCUT2D eigenvalue weighted by Gasteiger charge is -2.34. The van der Waals surface area contributed by atoms with Gasteiger partial charge in [-0.1, -0.05) is 34.1 Å². The normalized spacial score (nSPS) is 14.6. The first-order valence-electron chi connectivity index (χ1n) is 8.41. The fourth-order valence-corrected chi connectivity index (χ4v) is 4.28. The zero-order valence-corrected chi connectivity index (χ0v) is 16.6. The number of carbonyl (C=O) groups excluding carboxylic acids is 2. The molecule has 1 aromatic carbocycles. The van der Waals surface area contributed by atoms with Gasteiger partial charge in [0.15, 0.2) is 0 Å². The van der Waals surface area contributed by atoms with Gasteiger partial charge in [0.2, 0.25) is 5.91 Å². The van der Waals surface area contributed by atoms with Crippen LogP contribution in [0, 0.1) is 6.92 Å². The van der Waals surface area contributed by atoms with Gasteiger partial charge in [-0.05, 0) is 37.1 Å². The molecule has 4 nitrogen and oxygen atoms in total. The zero-order valence-electron chi connectivity index (χ0n) is 14.2. The first kappa shape index (κ1) is 18.1. The Morgan fingerprint density at radius 1 is 1.04 bits per heavy atom. The maximum absolute atomic E-state index is 12.5. The van der Waals surface area contributed by atoms with Crippen molar-refractivity contribution in [3.63, 3.8) is 0 Å². The summed E-state index contributed by atoms with van der Waals surface area (Å²) < 4.78 is 1.05. The van der Waals surface area contributed by atoms with Crippen molar-refractivity contribution in [2.75, 3.05) is 26.2 Å². The Labute approximate surface area is 160 Å². The highest BCUT2D eigenvalue weighted by Crippen LogP contribution is 2.20. The third-order valence-corrected chi connectivity index (χ3v) is 6.20. The Balaban J connectivity index is 1.49. The molecule has 0 bridgehead atoms. The average Bonchev–Trinajstić information content (AvgIpc) is 3.07. The highest BCUT2D eigenvalue weighted by molar-refractivity contribution is 9.10.